The van der Waals surface area contributed by atoms with Crippen LogP contribution in [0.15, 0.2) is 12.7 Å². The third-order valence-electron chi connectivity index (χ3n) is 3.37. The lowest BCUT2D eigenvalue weighted by molar-refractivity contribution is -0.142. The quantitative estimate of drug-likeness (QED) is 0.696. The average molecular weight is 239 g/mol. The summed E-state index contributed by atoms with van der Waals surface area (Å²) < 4.78 is 0. The van der Waals surface area contributed by atoms with Crippen LogP contribution in [0.25, 0.3) is 0 Å². The van der Waals surface area contributed by atoms with Crippen molar-refractivity contribution in [2.24, 2.45) is 11.8 Å². The Balaban J connectivity index is 2.60. The zero-order valence-electron chi connectivity index (χ0n) is 10.2. The van der Waals surface area contributed by atoms with E-state index < -0.39 is 5.97 Å². The fourth-order valence-corrected chi connectivity index (χ4v) is 2.50. The highest BCUT2D eigenvalue weighted by Gasteiger charge is 2.30. The highest BCUT2D eigenvalue weighted by molar-refractivity contribution is 5.83. The predicted molar refractivity (Wildman–Crippen MR) is 65.5 cm³/mol. The topological polar surface area (TPSA) is 66.4 Å². The molecule has 0 aromatic heterocycles. The predicted octanol–water partition coefficient (Wildman–Crippen LogP) is 1.96. The Labute approximate surface area is 102 Å². The van der Waals surface area contributed by atoms with Crippen molar-refractivity contribution in [1.82, 2.24) is 5.32 Å². The Hall–Kier alpha value is -1.32. The van der Waals surface area contributed by atoms with Crippen molar-refractivity contribution in [2.45, 2.75) is 38.5 Å². The third kappa shape index (κ3) is 4.59. The second-order valence-electron chi connectivity index (χ2n) is 4.64. The van der Waals surface area contributed by atoms with E-state index in [2.05, 4.69) is 11.9 Å². The molecule has 1 amide bonds. The van der Waals surface area contributed by atoms with Crippen LogP contribution in [0.4, 0.5) is 0 Å². The molecule has 2 N–H and O–H groups in total. The number of carboxylic acid groups (broad SMARTS) is 1. The van der Waals surface area contributed by atoms with Gasteiger partial charge >= 0.3 is 5.97 Å². The Bertz CT molecular complexity index is 282. The van der Waals surface area contributed by atoms with Gasteiger partial charge in [-0.05, 0) is 18.8 Å². The molecule has 0 radical (unpaired) electrons. The lowest BCUT2D eigenvalue weighted by atomic mass is 9.78. The van der Waals surface area contributed by atoms with Crippen LogP contribution in [0.5, 0.6) is 0 Å². The molecule has 96 valence electrons. The number of carbonyl (C=O) groups is 2. The molecule has 0 aliphatic heterocycles. The van der Waals surface area contributed by atoms with Crippen molar-refractivity contribution in [1.29, 1.82) is 0 Å². The summed E-state index contributed by atoms with van der Waals surface area (Å²) in [5.74, 6) is -1.19. The molecule has 0 aromatic rings. The molecule has 0 aromatic carbocycles. The monoisotopic (exact) mass is 239 g/mol. The van der Waals surface area contributed by atoms with Crippen LogP contribution < -0.4 is 5.32 Å². The van der Waals surface area contributed by atoms with Gasteiger partial charge in [0.2, 0.25) is 5.91 Å². The number of carboxylic acids is 1. The number of nitrogens with one attached hydrogen (secondary N) is 1. The Morgan fingerprint density at radius 3 is 2.53 bits per heavy atom. The highest BCUT2D eigenvalue weighted by atomic mass is 16.4. The molecular formula is C13H21NO3. The minimum Gasteiger partial charge on any atom is -0.481 e. The van der Waals surface area contributed by atoms with Gasteiger partial charge in [-0.25, -0.2) is 0 Å². The number of amides is 1. The van der Waals surface area contributed by atoms with E-state index in [4.69, 9.17) is 5.11 Å². The van der Waals surface area contributed by atoms with Gasteiger partial charge < -0.3 is 10.4 Å². The fraction of sp³-hybridized carbons (Fsp3) is 0.692. The number of hydrogen-bond donors (Lipinski definition) is 2. The zero-order valence-corrected chi connectivity index (χ0v) is 10.2. The molecule has 0 saturated heterocycles. The Morgan fingerprint density at radius 2 is 2.00 bits per heavy atom. The lowest BCUT2D eigenvalue weighted by Crippen LogP contribution is -2.37. The van der Waals surface area contributed by atoms with Gasteiger partial charge in [-0.1, -0.05) is 25.3 Å². The molecule has 1 rings (SSSR count). The maximum atomic E-state index is 11.9. The molecule has 4 nitrogen and oxygen atoms in total. The number of carbonyl (C=O) groups excluding carboxylic acids is 1. The van der Waals surface area contributed by atoms with Crippen molar-refractivity contribution in [3.63, 3.8) is 0 Å². The maximum absolute atomic E-state index is 11.9. The molecule has 1 unspecified atom stereocenters. The van der Waals surface area contributed by atoms with Crippen molar-refractivity contribution < 1.29 is 14.7 Å². The van der Waals surface area contributed by atoms with Crippen LogP contribution in [0.3, 0.4) is 0 Å². The van der Waals surface area contributed by atoms with E-state index in [0.29, 0.717) is 6.54 Å². The molecule has 1 saturated carbocycles. The standard InChI is InChI=1S/C13H21NO3/c1-2-8-14-13(17)11(9-12(15)16)10-6-4-3-5-7-10/h2,10-11H,1,3-9H2,(H,14,17)(H,15,16). The Morgan fingerprint density at radius 1 is 1.35 bits per heavy atom. The Kier molecular flexibility index (Phi) is 5.73. The van der Waals surface area contributed by atoms with Crippen LogP contribution in [-0.4, -0.2) is 23.5 Å². The van der Waals surface area contributed by atoms with Crippen molar-refractivity contribution in [3.8, 4) is 0 Å². The first kappa shape index (κ1) is 13.7. The second-order valence-corrected chi connectivity index (χ2v) is 4.64. The normalized spacial score (nSPS) is 18.4. The van der Waals surface area contributed by atoms with Crippen LogP contribution >= 0.6 is 0 Å². The van der Waals surface area contributed by atoms with Gasteiger partial charge in [0.15, 0.2) is 0 Å². The summed E-state index contributed by atoms with van der Waals surface area (Å²) in [7, 11) is 0. The average Bonchev–Trinajstić information content (AvgIpc) is 2.34. The number of rotatable bonds is 6. The van der Waals surface area contributed by atoms with E-state index in [9.17, 15) is 9.59 Å². The van der Waals surface area contributed by atoms with Gasteiger partial charge in [-0.15, -0.1) is 6.58 Å². The molecule has 4 heteroatoms. The molecule has 17 heavy (non-hydrogen) atoms. The summed E-state index contributed by atoms with van der Waals surface area (Å²) in [6, 6.07) is 0. The van der Waals surface area contributed by atoms with Crippen LogP contribution in [-0.2, 0) is 9.59 Å². The largest absolute Gasteiger partial charge is 0.481 e. The first-order valence-electron chi connectivity index (χ1n) is 6.25. The van der Waals surface area contributed by atoms with E-state index >= 15 is 0 Å². The van der Waals surface area contributed by atoms with Gasteiger partial charge in [-0.2, -0.15) is 0 Å². The lowest BCUT2D eigenvalue weighted by Gasteiger charge is -2.28. The van der Waals surface area contributed by atoms with Gasteiger partial charge in [0.05, 0.1) is 12.3 Å². The molecule has 1 aliphatic rings. The van der Waals surface area contributed by atoms with Gasteiger partial charge in [0.25, 0.3) is 0 Å². The van der Waals surface area contributed by atoms with Crippen molar-refractivity contribution in [2.75, 3.05) is 6.54 Å². The minimum atomic E-state index is -0.894. The molecule has 0 bridgehead atoms. The first-order chi connectivity index (χ1) is 8.15. The van der Waals surface area contributed by atoms with Crippen LogP contribution in [0.1, 0.15) is 38.5 Å². The van der Waals surface area contributed by atoms with Gasteiger partial charge in [0, 0.05) is 6.54 Å². The van der Waals surface area contributed by atoms with Crippen LogP contribution in [0, 0.1) is 11.8 Å². The molecule has 1 atom stereocenters. The summed E-state index contributed by atoms with van der Waals surface area (Å²) in [6.45, 7) is 3.94. The number of aliphatic carboxylic acids is 1. The van der Waals surface area contributed by atoms with Crippen LogP contribution in [0.2, 0.25) is 0 Å². The summed E-state index contributed by atoms with van der Waals surface area (Å²) >= 11 is 0. The molecule has 0 spiro atoms. The van der Waals surface area contributed by atoms with Crippen molar-refractivity contribution in [3.05, 3.63) is 12.7 Å². The van der Waals surface area contributed by atoms with E-state index in [-0.39, 0.29) is 24.2 Å². The molecule has 0 heterocycles. The summed E-state index contributed by atoms with van der Waals surface area (Å²) in [5, 5.41) is 11.6. The summed E-state index contributed by atoms with van der Waals surface area (Å²) in [4.78, 5) is 22.7. The minimum absolute atomic E-state index is 0.0619. The molecule has 1 fully saturated rings. The second kappa shape index (κ2) is 7.09. The maximum Gasteiger partial charge on any atom is 0.304 e. The zero-order chi connectivity index (χ0) is 12.7. The molecule has 1 aliphatic carbocycles. The van der Waals surface area contributed by atoms with E-state index in [1.807, 2.05) is 0 Å². The SMILES string of the molecule is C=CCNC(=O)C(CC(=O)O)C1CCCCC1. The summed E-state index contributed by atoms with van der Waals surface area (Å²) in [5.41, 5.74) is 0. The van der Waals surface area contributed by atoms with Gasteiger partial charge in [0.1, 0.15) is 0 Å². The van der Waals surface area contributed by atoms with Gasteiger partial charge in [-0.3, -0.25) is 9.59 Å². The highest BCUT2D eigenvalue weighted by Crippen LogP contribution is 2.31. The molecular weight excluding hydrogens is 218 g/mol. The van der Waals surface area contributed by atoms with Crippen molar-refractivity contribution >= 4 is 11.9 Å². The van der Waals surface area contributed by atoms with E-state index in [1.54, 1.807) is 6.08 Å². The smallest absolute Gasteiger partial charge is 0.304 e. The fourth-order valence-electron chi connectivity index (χ4n) is 2.50. The van der Waals surface area contributed by atoms with E-state index in [0.717, 1.165) is 25.7 Å². The first-order valence-corrected chi connectivity index (χ1v) is 6.25. The van der Waals surface area contributed by atoms with E-state index in [1.165, 1.54) is 6.42 Å². The summed E-state index contributed by atoms with van der Waals surface area (Å²) in [6.07, 6.45) is 6.90. The third-order valence-corrected chi connectivity index (χ3v) is 3.37. The number of hydrogen-bond acceptors (Lipinski definition) is 2.